The van der Waals surface area contributed by atoms with Gasteiger partial charge in [0.25, 0.3) is 0 Å². The molecule has 0 bridgehead atoms. The van der Waals surface area contributed by atoms with Crippen molar-refractivity contribution in [3.63, 3.8) is 0 Å². The average molecular weight is 485 g/mol. The number of halogens is 1. The third-order valence-electron chi connectivity index (χ3n) is 5.08. The van der Waals surface area contributed by atoms with Crippen LogP contribution in [0.3, 0.4) is 0 Å². The van der Waals surface area contributed by atoms with E-state index in [2.05, 4.69) is 31.2 Å². The lowest BCUT2D eigenvalue weighted by molar-refractivity contribution is -0.116. The van der Waals surface area contributed by atoms with Crippen LogP contribution in [0.4, 0.5) is 5.88 Å². The van der Waals surface area contributed by atoms with Gasteiger partial charge >= 0.3 is 5.97 Å². The summed E-state index contributed by atoms with van der Waals surface area (Å²) in [4.78, 5) is 25.0. The highest BCUT2D eigenvalue weighted by Gasteiger charge is 2.26. The molecule has 7 nitrogen and oxygen atoms in total. The molecule has 0 saturated carbocycles. The number of amides is 1. The van der Waals surface area contributed by atoms with E-state index < -0.39 is 5.97 Å². The summed E-state index contributed by atoms with van der Waals surface area (Å²) in [6.07, 6.45) is 0.666. The summed E-state index contributed by atoms with van der Waals surface area (Å²) in [7, 11) is 0. The number of carbonyl (C=O) groups excluding carboxylic acids is 2. The first-order valence-electron chi connectivity index (χ1n) is 11.1. The predicted octanol–water partition coefficient (Wildman–Crippen LogP) is 6.27. The number of hydrogen-bond donors (Lipinski definition) is 1. The van der Waals surface area contributed by atoms with Gasteiger partial charge in [-0.3, -0.25) is 10.1 Å². The Morgan fingerprint density at radius 3 is 2.35 bits per heavy atom. The molecule has 0 aliphatic heterocycles. The maximum atomic E-state index is 12.6. The van der Waals surface area contributed by atoms with Crippen molar-refractivity contribution < 1.29 is 23.6 Å². The van der Waals surface area contributed by atoms with Crippen LogP contribution in [0.2, 0.25) is 5.02 Å². The molecule has 1 amide bonds. The van der Waals surface area contributed by atoms with Gasteiger partial charge in [0.05, 0.1) is 13.2 Å². The molecule has 0 aliphatic carbocycles. The maximum Gasteiger partial charge on any atom is 0.346 e. The van der Waals surface area contributed by atoms with Gasteiger partial charge in [-0.25, -0.2) is 4.79 Å². The number of benzene rings is 2. The molecule has 0 unspecified atom stereocenters. The number of nitrogens with one attached hydrogen (secondary N) is 1. The van der Waals surface area contributed by atoms with Crippen LogP contribution in [0.5, 0.6) is 5.75 Å². The van der Waals surface area contributed by atoms with Gasteiger partial charge in [0, 0.05) is 17.0 Å². The Morgan fingerprint density at radius 1 is 1.06 bits per heavy atom. The topological polar surface area (TPSA) is 90.7 Å². The Balaban J connectivity index is 1.59. The molecule has 0 radical (unpaired) electrons. The standard InChI is InChI=1S/C26H29ClN2O5/c1-5-32-25(31)22-23(17-8-12-19(27)13-9-17)29-34-24(22)28-21(30)7-6-16-33-20-14-10-18(11-15-20)26(2,3)4/h8-15H,5-7,16H2,1-4H3,(H,28,30). The number of aromatic nitrogens is 1. The first-order valence-corrected chi connectivity index (χ1v) is 11.5. The minimum absolute atomic E-state index is 0.0490. The second-order valence-corrected chi connectivity index (χ2v) is 9.17. The Hall–Kier alpha value is -3.32. The molecule has 180 valence electrons. The summed E-state index contributed by atoms with van der Waals surface area (Å²) in [5.41, 5.74) is 2.25. The Morgan fingerprint density at radius 2 is 1.74 bits per heavy atom. The molecular formula is C26H29ClN2O5. The van der Waals surface area contributed by atoms with Crippen LogP contribution < -0.4 is 10.1 Å². The molecule has 0 atom stereocenters. The first-order chi connectivity index (χ1) is 16.2. The van der Waals surface area contributed by atoms with Crippen molar-refractivity contribution in [2.75, 3.05) is 18.5 Å². The molecule has 0 saturated heterocycles. The van der Waals surface area contributed by atoms with Gasteiger partial charge in [-0.1, -0.05) is 61.8 Å². The van der Waals surface area contributed by atoms with Crippen LogP contribution in [0.15, 0.2) is 53.1 Å². The molecule has 0 aliphatic rings. The molecule has 1 heterocycles. The van der Waals surface area contributed by atoms with E-state index in [1.54, 1.807) is 31.2 Å². The zero-order valence-corrected chi connectivity index (χ0v) is 20.6. The van der Waals surface area contributed by atoms with E-state index in [1.165, 1.54) is 5.56 Å². The average Bonchev–Trinajstić information content (AvgIpc) is 3.20. The summed E-state index contributed by atoms with van der Waals surface area (Å²) >= 11 is 5.95. The zero-order valence-electron chi connectivity index (χ0n) is 19.8. The number of nitrogens with zero attached hydrogens (tertiary/aromatic N) is 1. The number of rotatable bonds is 9. The van der Waals surface area contributed by atoms with Crippen LogP contribution in [0.25, 0.3) is 11.3 Å². The van der Waals surface area contributed by atoms with Crippen molar-refractivity contribution >= 4 is 29.4 Å². The van der Waals surface area contributed by atoms with Gasteiger partial charge in [0.1, 0.15) is 11.4 Å². The van der Waals surface area contributed by atoms with Gasteiger partial charge in [-0.05, 0) is 48.6 Å². The Bertz CT molecular complexity index is 1120. The highest BCUT2D eigenvalue weighted by atomic mass is 35.5. The highest BCUT2D eigenvalue weighted by Crippen LogP contribution is 2.31. The SMILES string of the molecule is CCOC(=O)c1c(-c2ccc(Cl)cc2)noc1NC(=O)CCCOc1ccc(C(C)(C)C)cc1. The molecule has 3 rings (SSSR count). The van der Waals surface area contributed by atoms with Crippen molar-refractivity contribution in [3.8, 4) is 17.0 Å². The maximum absolute atomic E-state index is 12.6. The predicted molar refractivity (Wildman–Crippen MR) is 131 cm³/mol. The monoisotopic (exact) mass is 484 g/mol. The van der Waals surface area contributed by atoms with Crippen LogP contribution in [-0.4, -0.2) is 30.2 Å². The second-order valence-electron chi connectivity index (χ2n) is 8.74. The number of ether oxygens (including phenoxy) is 2. The smallest absolute Gasteiger partial charge is 0.346 e. The minimum atomic E-state index is -0.633. The molecule has 0 fully saturated rings. The van der Waals surface area contributed by atoms with Crippen molar-refractivity contribution in [1.82, 2.24) is 5.16 Å². The van der Waals surface area contributed by atoms with Crippen LogP contribution in [-0.2, 0) is 14.9 Å². The second kappa shape index (κ2) is 11.2. The molecule has 3 aromatic rings. The van der Waals surface area contributed by atoms with E-state index in [0.29, 0.717) is 23.6 Å². The minimum Gasteiger partial charge on any atom is -0.494 e. The van der Waals surface area contributed by atoms with Gasteiger partial charge in [-0.15, -0.1) is 0 Å². The fourth-order valence-electron chi connectivity index (χ4n) is 3.24. The lowest BCUT2D eigenvalue weighted by atomic mass is 9.87. The Kier molecular flexibility index (Phi) is 8.34. The van der Waals surface area contributed by atoms with E-state index >= 15 is 0 Å². The lowest BCUT2D eigenvalue weighted by Crippen LogP contribution is -2.15. The number of esters is 1. The molecule has 8 heteroatoms. The molecule has 0 spiro atoms. The summed E-state index contributed by atoms with van der Waals surface area (Å²) in [5, 5.41) is 7.15. The summed E-state index contributed by atoms with van der Waals surface area (Å²) in [6.45, 7) is 8.71. The van der Waals surface area contributed by atoms with Gasteiger partial charge in [0.15, 0.2) is 5.56 Å². The van der Waals surface area contributed by atoms with Crippen molar-refractivity contribution in [2.45, 2.75) is 46.0 Å². The van der Waals surface area contributed by atoms with E-state index in [9.17, 15) is 9.59 Å². The normalized spacial score (nSPS) is 11.2. The van der Waals surface area contributed by atoms with E-state index in [0.717, 1.165) is 5.75 Å². The van der Waals surface area contributed by atoms with E-state index in [1.807, 2.05) is 24.3 Å². The zero-order chi connectivity index (χ0) is 24.7. The highest BCUT2D eigenvalue weighted by molar-refractivity contribution is 6.30. The third-order valence-corrected chi connectivity index (χ3v) is 5.33. The van der Waals surface area contributed by atoms with Crippen molar-refractivity contribution in [3.05, 3.63) is 64.7 Å². The largest absolute Gasteiger partial charge is 0.494 e. The molecule has 2 aromatic carbocycles. The quantitative estimate of drug-likeness (QED) is 0.284. The fraction of sp³-hybridized carbons (Fsp3) is 0.346. The van der Waals surface area contributed by atoms with Gasteiger partial charge in [-0.2, -0.15) is 0 Å². The van der Waals surface area contributed by atoms with Crippen LogP contribution in [0.1, 0.15) is 56.5 Å². The summed E-state index contributed by atoms with van der Waals surface area (Å²) < 4.78 is 16.2. The number of anilines is 1. The number of hydrogen-bond acceptors (Lipinski definition) is 6. The van der Waals surface area contributed by atoms with Crippen LogP contribution in [0, 0.1) is 0 Å². The summed E-state index contributed by atoms with van der Waals surface area (Å²) in [5.74, 6) is -0.255. The fourth-order valence-corrected chi connectivity index (χ4v) is 3.36. The van der Waals surface area contributed by atoms with Crippen molar-refractivity contribution in [2.24, 2.45) is 0 Å². The molecule has 1 N–H and O–H groups in total. The number of carbonyl (C=O) groups is 2. The third kappa shape index (κ3) is 6.60. The van der Waals surface area contributed by atoms with Gasteiger partial charge < -0.3 is 14.0 Å². The molecular weight excluding hydrogens is 456 g/mol. The van der Waals surface area contributed by atoms with E-state index in [4.69, 9.17) is 25.6 Å². The van der Waals surface area contributed by atoms with E-state index in [-0.39, 0.29) is 41.5 Å². The summed E-state index contributed by atoms with van der Waals surface area (Å²) in [6, 6.07) is 14.7. The Labute approximate surface area is 204 Å². The lowest BCUT2D eigenvalue weighted by Gasteiger charge is -2.19. The molecule has 34 heavy (non-hydrogen) atoms. The first kappa shape index (κ1) is 25.3. The van der Waals surface area contributed by atoms with Crippen LogP contribution >= 0.6 is 11.6 Å². The molecule has 1 aromatic heterocycles. The van der Waals surface area contributed by atoms with Gasteiger partial charge in [0.2, 0.25) is 11.8 Å². The van der Waals surface area contributed by atoms with Crippen molar-refractivity contribution in [1.29, 1.82) is 0 Å².